The van der Waals surface area contributed by atoms with E-state index < -0.39 is 34.9 Å². The third-order valence-electron chi connectivity index (χ3n) is 5.17. The van der Waals surface area contributed by atoms with Gasteiger partial charge in [-0.25, -0.2) is 22.6 Å². The maximum Gasteiger partial charge on any atom is 0.358 e. The number of nitrogens with zero attached hydrogens (tertiary/aromatic N) is 2. The van der Waals surface area contributed by atoms with Gasteiger partial charge in [0.25, 0.3) is 5.91 Å². The lowest BCUT2D eigenvalue weighted by Crippen LogP contribution is -2.16. The van der Waals surface area contributed by atoms with E-state index in [0.29, 0.717) is 11.3 Å². The molecule has 4 rings (SSSR count). The van der Waals surface area contributed by atoms with E-state index >= 15 is 0 Å². The number of methoxy groups -OCH3 is 1. The summed E-state index contributed by atoms with van der Waals surface area (Å²) < 4.78 is 54.3. The Morgan fingerprint density at radius 3 is 2.33 bits per heavy atom. The lowest BCUT2D eigenvalue weighted by molar-refractivity contribution is 0.0518. The van der Waals surface area contributed by atoms with Crippen molar-refractivity contribution < 1.29 is 32.2 Å². The Morgan fingerprint density at radius 2 is 1.67 bits per heavy atom. The Morgan fingerprint density at radius 1 is 0.944 bits per heavy atom. The summed E-state index contributed by atoms with van der Waals surface area (Å²) in [4.78, 5) is 24.9. The number of carbonyl (C=O) groups excluding carboxylic acids is 2. The topological polar surface area (TPSA) is 82.5 Å². The number of ether oxygens (including phenoxy) is 2. The van der Waals surface area contributed by atoms with Crippen molar-refractivity contribution in [2.45, 2.75) is 6.92 Å². The van der Waals surface area contributed by atoms with Crippen molar-refractivity contribution in [2.75, 3.05) is 19.0 Å². The lowest BCUT2D eigenvalue weighted by Gasteiger charge is -2.11. The highest BCUT2D eigenvalue weighted by atomic mass is 19.1. The second kappa shape index (κ2) is 10.3. The second-order valence-electron chi connectivity index (χ2n) is 7.50. The highest BCUT2D eigenvalue weighted by Gasteiger charge is 2.22. The quantitative estimate of drug-likeness (QED) is 0.348. The van der Waals surface area contributed by atoms with Gasteiger partial charge in [-0.05, 0) is 37.3 Å². The van der Waals surface area contributed by atoms with Gasteiger partial charge in [0.15, 0.2) is 5.69 Å². The number of halogens is 3. The van der Waals surface area contributed by atoms with Crippen LogP contribution in [0.1, 0.15) is 27.8 Å². The smallest absolute Gasteiger partial charge is 0.358 e. The fraction of sp³-hybridized carbons (Fsp3) is 0.115. The molecule has 0 aliphatic carbocycles. The van der Waals surface area contributed by atoms with Gasteiger partial charge < -0.3 is 14.8 Å². The zero-order valence-corrected chi connectivity index (χ0v) is 19.2. The SMILES string of the molecule is CCOC(=O)c1cc(-c2cccc(NC(=O)c3c(F)cc(OC)cc3F)c2)n(-c2ccccc2F)n1. The van der Waals surface area contributed by atoms with Crippen LogP contribution in [-0.4, -0.2) is 35.4 Å². The van der Waals surface area contributed by atoms with E-state index in [0.717, 1.165) is 12.1 Å². The van der Waals surface area contributed by atoms with Gasteiger partial charge in [0.2, 0.25) is 0 Å². The minimum Gasteiger partial charge on any atom is -0.497 e. The first-order valence-electron chi connectivity index (χ1n) is 10.8. The Labute approximate surface area is 204 Å². The number of nitrogens with one attached hydrogen (secondary N) is 1. The van der Waals surface area contributed by atoms with Crippen molar-refractivity contribution in [3.05, 3.63) is 95.4 Å². The van der Waals surface area contributed by atoms with Crippen LogP contribution in [0.25, 0.3) is 16.9 Å². The number of anilines is 1. The Bertz CT molecular complexity index is 1430. The standard InChI is InChI=1S/C26H20F3N3O4/c1-3-36-26(34)21-14-23(32(31-21)22-10-5-4-9-18(22)27)15-7-6-8-16(11-15)30-25(33)24-19(28)12-17(35-2)13-20(24)29/h4-14H,3H2,1-2H3,(H,30,33). The number of esters is 1. The van der Waals surface area contributed by atoms with Crippen LogP contribution < -0.4 is 10.1 Å². The second-order valence-corrected chi connectivity index (χ2v) is 7.50. The molecule has 1 heterocycles. The molecule has 0 unspecified atom stereocenters. The Hall–Kier alpha value is -4.60. The molecule has 3 aromatic carbocycles. The molecule has 0 aliphatic heterocycles. The molecule has 0 spiro atoms. The molecule has 0 atom stereocenters. The zero-order chi connectivity index (χ0) is 25.8. The average Bonchev–Trinajstić information content (AvgIpc) is 3.29. The molecular weight excluding hydrogens is 475 g/mol. The number of para-hydroxylation sites is 1. The first-order chi connectivity index (χ1) is 17.3. The van der Waals surface area contributed by atoms with Crippen LogP contribution in [0.15, 0.2) is 66.7 Å². The van der Waals surface area contributed by atoms with E-state index in [-0.39, 0.29) is 29.4 Å². The fourth-order valence-corrected chi connectivity index (χ4v) is 3.53. The molecular formula is C26H20F3N3O4. The van der Waals surface area contributed by atoms with Crippen molar-refractivity contribution in [3.63, 3.8) is 0 Å². The summed E-state index contributed by atoms with van der Waals surface area (Å²) in [5, 5.41) is 6.67. The minimum atomic E-state index is -1.09. The van der Waals surface area contributed by atoms with Gasteiger partial charge in [-0.15, -0.1) is 0 Å². The van der Waals surface area contributed by atoms with Crippen LogP contribution in [0.2, 0.25) is 0 Å². The molecule has 4 aromatic rings. The molecule has 7 nitrogen and oxygen atoms in total. The molecule has 184 valence electrons. The third-order valence-corrected chi connectivity index (χ3v) is 5.17. The summed E-state index contributed by atoms with van der Waals surface area (Å²) in [5.74, 6) is -4.52. The minimum absolute atomic E-state index is 0.0492. The largest absolute Gasteiger partial charge is 0.497 e. The molecule has 0 saturated carbocycles. The van der Waals surface area contributed by atoms with Crippen LogP contribution in [0.4, 0.5) is 18.9 Å². The van der Waals surface area contributed by atoms with Crippen molar-refractivity contribution in [3.8, 4) is 22.7 Å². The molecule has 0 bridgehead atoms. The monoisotopic (exact) mass is 495 g/mol. The first kappa shape index (κ1) is 24.5. The number of amides is 1. The van der Waals surface area contributed by atoms with Gasteiger partial charge in [0, 0.05) is 23.4 Å². The van der Waals surface area contributed by atoms with Crippen molar-refractivity contribution >= 4 is 17.6 Å². The van der Waals surface area contributed by atoms with Gasteiger partial charge in [-0.3, -0.25) is 4.79 Å². The average molecular weight is 495 g/mol. The molecule has 0 aliphatic rings. The van der Waals surface area contributed by atoms with E-state index in [1.807, 2.05) is 0 Å². The van der Waals surface area contributed by atoms with Gasteiger partial charge in [-0.1, -0.05) is 24.3 Å². The maximum atomic E-state index is 14.6. The maximum absolute atomic E-state index is 14.6. The van der Waals surface area contributed by atoms with E-state index in [4.69, 9.17) is 9.47 Å². The summed E-state index contributed by atoms with van der Waals surface area (Å²) in [6.07, 6.45) is 0. The summed E-state index contributed by atoms with van der Waals surface area (Å²) in [6.45, 7) is 1.77. The molecule has 1 N–H and O–H groups in total. The number of rotatable bonds is 7. The molecule has 1 aromatic heterocycles. The summed E-state index contributed by atoms with van der Waals surface area (Å²) in [5.41, 5.74) is 0.218. The Balaban J connectivity index is 1.73. The lowest BCUT2D eigenvalue weighted by atomic mass is 10.1. The predicted molar refractivity (Wildman–Crippen MR) is 126 cm³/mol. The van der Waals surface area contributed by atoms with E-state index in [2.05, 4.69) is 10.4 Å². The molecule has 0 fully saturated rings. The number of hydrogen-bond acceptors (Lipinski definition) is 5. The number of hydrogen-bond donors (Lipinski definition) is 1. The summed E-state index contributed by atoms with van der Waals surface area (Å²) in [7, 11) is 1.25. The highest BCUT2D eigenvalue weighted by molar-refractivity contribution is 6.05. The summed E-state index contributed by atoms with van der Waals surface area (Å²) >= 11 is 0. The molecule has 36 heavy (non-hydrogen) atoms. The van der Waals surface area contributed by atoms with Crippen LogP contribution in [0.5, 0.6) is 5.75 Å². The predicted octanol–water partition coefficient (Wildman–Crippen LogP) is 5.39. The molecule has 0 radical (unpaired) electrons. The van der Waals surface area contributed by atoms with Crippen LogP contribution in [-0.2, 0) is 4.74 Å². The van der Waals surface area contributed by atoms with Gasteiger partial charge in [-0.2, -0.15) is 5.10 Å². The highest BCUT2D eigenvalue weighted by Crippen LogP contribution is 2.28. The van der Waals surface area contributed by atoms with Gasteiger partial charge in [0.05, 0.1) is 19.4 Å². The van der Waals surface area contributed by atoms with Gasteiger partial charge >= 0.3 is 5.97 Å². The van der Waals surface area contributed by atoms with Crippen molar-refractivity contribution in [1.29, 1.82) is 0 Å². The van der Waals surface area contributed by atoms with Crippen molar-refractivity contribution in [1.82, 2.24) is 9.78 Å². The summed E-state index contributed by atoms with van der Waals surface area (Å²) in [6, 6.07) is 15.3. The third kappa shape index (κ3) is 4.92. The molecule has 1 amide bonds. The Kier molecular flexibility index (Phi) is 7.05. The number of benzene rings is 3. The number of carbonyl (C=O) groups is 2. The van der Waals surface area contributed by atoms with Crippen LogP contribution in [0.3, 0.4) is 0 Å². The van der Waals surface area contributed by atoms with Gasteiger partial charge in [0.1, 0.15) is 34.5 Å². The first-order valence-corrected chi connectivity index (χ1v) is 10.8. The zero-order valence-electron chi connectivity index (χ0n) is 19.2. The molecule has 10 heteroatoms. The van der Waals surface area contributed by atoms with Crippen LogP contribution in [0, 0.1) is 17.5 Å². The molecule has 0 saturated heterocycles. The van der Waals surface area contributed by atoms with Crippen molar-refractivity contribution in [2.24, 2.45) is 0 Å². The van der Waals surface area contributed by atoms with E-state index in [1.54, 1.807) is 25.1 Å². The fourth-order valence-electron chi connectivity index (χ4n) is 3.53. The van der Waals surface area contributed by atoms with E-state index in [1.165, 1.54) is 48.2 Å². The van der Waals surface area contributed by atoms with Crippen LogP contribution >= 0.6 is 0 Å². The number of aromatic nitrogens is 2. The van der Waals surface area contributed by atoms with E-state index in [9.17, 15) is 22.8 Å². The normalized spacial score (nSPS) is 10.7.